The van der Waals surface area contributed by atoms with Crippen molar-refractivity contribution in [3.63, 3.8) is 0 Å². The fraction of sp³-hybridized carbons (Fsp3) is 0.381. The van der Waals surface area contributed by atoms with Crippen molar-refractivity contribution < 1.29 is 13.2 Å². The summed E-state index contributed by atoms with van der Waals surface area (Å²) in [4.78, 5) is 12.8. The maximum atomic E-state index is 12.6. The molecular weight excluding hydrogens is 396 g/mol. The molecule has 0 aliphatic heterocycles. The minimum Gasteiger partial charge on any atom is -0.349 e. The largest absolute Gasteiger partial charge is 0.349 e. The molecule has 2 aromatic rings. The van der Waals surface area contributed by atoms with Crippen LogP contribution in [0.3, 0.4) is 0 Å². The van der Waals surface area contributed by atoms with Crippen LogP contribution in [-0.2, 0) is 10.0 Å². The van der Waals surface area contributed by atoms with E-state index in [2.05, 4.69) is 10.0 Å². The third kappa shape index (κ3) is 3.89. The van der Waals surface area contributed by atoms with E-state index in [9.17, 15) is 13.2 Å². The van der Waals surface area contributed by atoms with Crippen LogP contribution in [0.5, 0.6) is 0 Å². The molecule has 2 saturated carbocycles. The van der Waals surface area contributed by atoms with Crippen LogP contribution in [0, 0.1) is 18.8 Å². The molecule has 2 aliphatic carbocycles. The summed E-state index contributed by atoms with van der Waals surface area (Å²) in [6, 6.07) is 11.3. The monoisotopic (exact) mass is 418 g/mol. The molecule has 4 rings (SSSR count). The number of hydrogen-bond donors (Lipinski definition) is 2. The zero-order valence-electron chi connectivity index (χ0n) is 15.6. The van der Waals surface area contributed by atoms with Crippen molar-refractivity contribution in [1.82, 2.24) is 5.32 Å². The number of hydrogen-bond acceptors (Lipinski definition) is 3. The zero-order chi connectivity index (χ0) is 19.9. The molecule has 1 amide bonds. The summed E-state index contributed by atoms with van der Waals surface area (Å²) >= 11 is 5.82. The lowest BCUT2D eigenvalue weighted by Gasteiger charge is -2.23. The van der Waals surface area contributed by atoms with Crippen molar-refractivity contribution in [2.75, 3.05) is 4.72 Å². The Morgan fingerprint density at radius 3 is 2.43 bits per heavy atom. The summed E-state index contributed by atoms with van der Waals surface area (Å²) in [5.74, 6) is 1.29. The van der Waals surface area contributed by atoms with Crippen molar-refractivity contribution in [2.24, 2.45) is 11.8 Å². The van der Waals surface area contributed by atoms with E-state index in [0.29, 0.717) is 27.8 Å². The third-order valence-electron chi connectivity index (χ3n) is 5.91. The molecular formula is C21H23ClN2O3S. The molecule has 0 saturated heterocycles. The van der Waals surface area contributed by atoms with Crippen LogP contribution in [-0.4, -0.2) is 20.4 Å². The van der Waals surface area contributed by atoms with Gasteiger partial charge < -0.3 is 5.32 Å². The topological polar surface area (TPSA) is 75.3 Å². The minimum absolute atomic E-state index is 0.0900. The van der Waals surface area contributed by atoms with Gasteiger partial charge >= 0.3 is 0 Å². The number of aryl methyl sites for hydroxylation is 1. The molecule has 7 heteroatoms. The molecule has 148 valence electrons. The average molecular weight is 419 g/mol. The number of halogens is 1. The Morgan fingerprint density at radius 2 is 1.82 bits per heavy atom. The third-order valence-corrected chi connectivity index (χ3v) is 7.54. The molecule has 0 spiro atoms. The second kappa shape index (κ2) is 7.41. The van der Waals surface area contributed by atoms with Gasteiger partial charge in [-0.25, -0.2) is 8.42 Å². The van der Waals surface area contributed by atoms with Gasteiger partial charge in [-0.05, 0) is 86.1 Å². The maximum Gasteiger partial charge on any atom is 0.261 e. The van der Waals surface area contributed by atoms with Crippen LogP contribution in [0.25, 0.3) is 0 Å². The first-order valence-corrected chi connectivity index (χ1v) is 11.4. The zero-order valence-corrected chi connectivity index (χ0v) is 17.2. The number of sulfonamides is 1. The highest BCUT2D eigenvalue weighted by atomic mass is 35.5. The number of anilines is 1. The number of carbonyl (C=O) groups excluding carboxylic acids is 1. The molecule has 2 aliphatic rings. The molecule has 2 unspecified atom stereocenters. The highest BCUT2D eigenvalue weighted by molar-refractivity contribution is 7.92. The first kappa shape index (κ1) is 19.3. The molecule has 2 N–H and O–H groups in total. The Labute approximate surface area is 170 Å². The molecule has 2 fully saturated rings. The fourth-order valence-corrected chi connectivity index (χ4v) is 5.67. The smallest absolute Gasteiger partial charge is 0.261 e. The van der Waals surface area contributed by atoms with E-state index < -0.39 is 10.0 Å². The molecule has 2 aromatic carbocycles. The van der Waals surface area contributed by atoms with E-state index in [1.165, 1.54) is 43.5 Å². The molecule has 0 aromatic heterocycles. The number of benzene rings is 2. The van der Waals surface area contributed by atoms with Crippen LogP contribution >= 0.6 is 11.6 Å². The molecule has 0 radical (unpaired) electrons. The SMILES string of the molecule is Cc1cc(C(=O)N[C@@H]2CC3CCC2C3)ccc1NS(=O)(=O)c1ccc(Cl)cc1. The van der Waals surface area contributed by atoms with Gasteiger partial charge in [-0.3, -0.25) is 9.52 Å². The molecule has 28 heavy (non-hydrogen) atoms. The van der Waals surface area contributed by atoms with Gasteiger partial charge in [-0.1, -0.05) is 18.0 Å². The Balaban J connectivity index is 1.46. The molecule has 0 heterocycles. The fourth-order valence-electron chi connectivity index (χ4n) is 4.41. The molecule has 5 nitrogen and oxygen atoms in total. The highest BCUT2D eigenvalue weighted by Gasteiger charge is 2.40. The Morgan fingerprint density at radius 1 is 1.07 bits per heavy atom. The van der Waals surface area contributed by atoms with E-state index >= 15 is 0 Å². The average Bonchev–Trinajstić information content (AvgIpc) is 3.26. The van der Waals surface area contributed by atoms with Crippen molar-refractivity contribution in [2.45, 2.75) is 43.5 Å². The predicted molar refractivity (Wildman–Crippen MR) is 110 cm³/mol. The van der Waals surface area contributed by atoms with Gasteiger partial charge in [-0.2, -0.15) is 0 Å². The van der Waals surface area contributed by atoms with Gasteiger partial charge in [-0.15, -0.1) is 0 Å². The number of carbonyl (C=O) groups is 1. The normalized spacial score (nSPS) is 23.6. The van der Waals surface area contributed by atoms with Gasteiger partial charge in [0.25, 0.3) is 15.9 Å². The van der Waals surface area contributed by atoms with Crippen LogP contribution in [0.4, 0.5) is 5.69 Å². The first-order valence-electron chi connectivity index (χ1n) is 9.52. The second-order valence-corrected chi connectivity index (χ2v) is 9.96. The van der Waals surface area contributed by atoms with Crippen molar-refractivity contribution >= 4 is 33.2 Å². The predicted octanol–water partition coefficient (Wildman–Crippen LogP) is 4.37. The van der Waals surface area contributed by atoms with E-state index in [4.69, 9.17) is 11.6 Å². The van der Waals surface area contributed by atoms with E-state index in [-0.39, 0.29) is 16.8 Å². The maximum absolute atomic E-state index is 12.6. The lowest BCUT2D eigenvalue weighted by Crippen LogP contribution is -2.38. The number of fused-ring (bicyclic) bond motifs is 2. The van der Waals surface area contributed by atoms with Crippen molar-refractivity contribution in [3.05, 3.63) is 58.6 Å². The Bertz CT molecular complexity index is 1000. The van der Waals surface area contributed by atoms with Gasteiger partial charge in [0.15, 0.2) is 0 Å². The summed E-state index contributed by atoms with van der Waals surface area (Å²) in [5, 5.41) is 3.64. The lowest BCUT2D eigenvalue weighted by molar-refractivity contribution is 0.0923. The summed E-state index contributed by atoms with van der Waals surface area (Å²) in [7, 11) is -3.72. The minimum atomic E-state index is -3.72. The first-order chi connectivity index (χ1) is 13.3. The van der Waals surface area contributed by atoms with Gasteiger partial charge in [0, 0.05) is 16.6 Å². The quantitative estimate of drug-likeness (QED) is 0.757. The van der Waals surface area contributed by atoms with Crippen LogP contribution in [0.15, 0.2) is 47.4 Å². The van der Waals surface area contributed by atoms with E-state index in [1.807, 2.05) is 0 Å². The van der Waals surface area contributed by atoms with E-state index in [1.54, 1.807) is 25.1 Å². The van der Waals surface area contributed by atoms with Gasteiger partial charge in [0.2, 0.25) is 0 Å². The standard InChI is InChI=1S/C21H23ClN2O3S/c1-13-10-16(21(25)23-20-12-14-2-3-15(20)11-14)4-9-19(13)24-28(26,27)18-7-5-17(22)6-8-18/h4-10,14-15,20,24H,2-3,11-12H2,1H3,(H,23,25)/t14?,15?,20-/m1/s1. The van der Waals surface area contributed by atoms with Crippen LogP contribution in [0.1, 0.15) is 41.6 Å². The summed E-state index contributed by atoms with van der Waals surface area (Å²) < 4.78 is 27.7. The van der Waals surface area contributed by atoms with Crippen LogP contribution in [0.2, 0.25) is 5.02 Å². The Kier molecular flexibility index (Phi) is 5.10. The number of rotatable bonds is 5. The van der Waals surface area contributed by atoms with Gasteiger partial charge in [0.05, 0.1) is 10.6 Å². The molecule has 3 atom stereocenters. The number of nitrogens with one attached hydrogen (secondary N) is 2. The van der Waals surface area contributed by atoms with Crippen LogP contribution < -0.4 is 10.0 Å². The summed E-state index contributed by atoms with van der Waals surface area (Å²) in [6.45, 7) is 1.79. The summed E-state index contributed by atoms with van der Waals surface area (Å²) in [5.41, 5.74) is 1.69. The van der Waals surface area contributed by atoms with Crippen molar-refractivity contribution in [1.29, 1.82) is 0 Å². The second-order valence-electron chi connectivity index (χ2n) is 7.84. The van der Waals surface area contributed by atoms with Crippen molar-refractivity contribution in [3.8, 4) is 0 Å². The highest BCUT2D eigenvalue weighted by Crippen LogP contribution is 2.44. The molecule has 2 bridgehead atoms. The Hall–Kier alpha value is -2.05. The van der Waals surface area contributed by atoms with E-state index in [0.717, 1.165) is 12.3 Å². The summed E-state index contributed by atoms with van der Waals surface area (Å²) in [6.07, 6.45) is 4.81. The lowest BCUT2D eigenvalue weighted by atomic mass is 9.95. The number of amides is 1. The van der Waals surface area contributed by atoms with Gasteiger partial charge in [0.1, 0.15) is 0 Å².